The van der Waals surface area contributed by atoms with Gasteiger partial charge in [0, 0.05) is 31.4 Å². The lowest BCUT2D eigenvalue weighted by molar-refractivity contribution is 0.0198. The number of nitrogens with zero attached hydrogens (tertiary/aromatic N) is 2. The number of urea groups is 1. The van der Waals surface area contributed by atoms with Gasteiger partial charge in [-0.05, 0) is 56.4 Å². The summed E-state index contributed by atoms with van der Waals surface area (Å²) in [5.74, 6) is 0.806. The number of hydrogen-bond donors (Lipinski definition) is 2. The van der Waals surface area contributed by atoms with Crippen LogP contribution in [0.2, 0.25) is 0 Å². The molecule has 0 radical (unpaired) electrons. The van der Waals surface area contributed by atoms with Crippen LogP contribution in [0, 0.1) is 0 Å². The zero-order valence-electron chi connectivity index (χ0n) is 18.9. The highest BCUT2D eigenvalue weighted by atomic mass is 16.5. The average Bonchev–Trinajstić information content (AvgIpc) is 2.79. The second-order valence-electron chi connectivity index (χ2n) is 8.04. The second-order valence-corrected chi connectivity index (χ2v) is 8.04. The van der Waals surface area contributed by atoms with E-state index in [1.54, 1.807) is 7.11 Å². The van der Waals surface area contributed by atoms with E-state index in [1.807, 2.05) is 50.5 Å². The first kappa shape index (κ1) is 23.1. The Morgan fingerprint density at radius 1 is 1.13 bits per heavy atom. The molecule has 3 rings (SSSR count). The van der Waals surface area contributed by atoms with Crippen LogP contribution in [0.3, 0.4) is 0 Å². The van der Waals surface area contributed by atoms with E-state index in [4.69, 9.17) is 9.47 Å². The highest BCUT2D eigenvalue weighted by Crippen LogP contribution is 2.24. The van der Waals surface area contributed by atoms with E-state index in [2.05, 4.69) is 39.5 Å². The van der Waals surface area contributed by atoms with Crippen LogP contribution in [0.1, 0.15) is 30.1 Å². The van der Waals surface area contributed by atoms with Crippen molar-refractivity contribution >= 4 is 11.7 Å². The van der Waals surface area contributed by atoms with Crippen LogP contribution in [0.4, 0.5) is 10.5 Å². The normalized spacial score (nSPS) is 16.5. The number of morpholine rings is 1. The van der Waals surface area contributed by atoms with Gasteiger partial charge in [-0.1, -0.05) is 24.3 Å². The maximum absolute atomic E-state index is 12.5. The zero-order valence-corrected chi connectivity index (χ0v) is 18.9. The van der Waals surface area contributed by atoms with Gasteiger partial charge in [-0.3, -0.25) is 4.90 Å². The molecule has 1 fully saturated rings. The maximum Gasteiger partial charge on any atom is 0.319 e. The number of rotatable bonds is 8. The van der Waals surface area contributed by atoms with Crippen molar-refractivity contribution in [2.24, 2.45) is 0 Å². The Bertz CT molecular complexity index is 835. The molecule has 7 nitrogen and oxygen atoms in total. The maximum atomic E-state index is 12.5. The Balaban J connectivity index is 1.54. The van der Waals surface area contributed by atoms with Gasteiger partial charge in [0.1, 0.15) is 5.75 Å². The van der Waals surface area contributed by atoms with Crippen molar-refractivity contribution in [1.82, 2.24) is 15.1 Å². The Hall–Kier alpha value is -2.61. The number of benzene rings is 2. The highest BCUT2D eigenvalue weighted by molar-refractivity contribution is 5.89. The molecule has 168 valence electrons. The molecule has 0 aliphatic carbocycles. The van der Waals surface area contributed by atoms with Gasteiger partial charge < -0.3 is 25.0 Å². The fourth-order valence-corrected chi connectivity index (χ4v) is 3.83. The quantitative estimate of drug-likeness (QED) is 0.676. The topological polar surface area (TPSA) is 66.1 Å². The molecule has 2 N–H and O–H groups in total. The van der Waals surface area contributed by atoms with E-state index in [0.29, 0.717) is 12.6 Å². The monoisotopic (exact) mass is 426 g/mol. The first-order chi connectivity index (χ1) is 15.0. The lowest BCUT2D eigenvalue weighted by Crippen LogP contribution is -2.38. The Morgan fingerprint density at radius 2 is 1.84 bits per heavy atom. The summed E-state index contributed by atoms with van der Waals surface area (Å²) in [5.41, 5.74) is 3.10. The third-order valence-electron chi connectivity index (χ3n) is 5.80. The smallest absolute Gasteiger partial charge is 0.319 e. The van der Waals surface area contributed by atoms with Crippen LogP contribution in [0.5, 0.6) is 5.75 Å². The number of ether oxygens (including phenoxy) is 2. The molecule has 2 aromatic rings. The van der Waals surface area contributed by atoms with E-state index >= 15 is 0 Å². The molecule has 2 aromatic carbocycles. The largest absolute Gasteiger partial charge is 0.497 e. The van der Waals surface area contributed by atoms with Gasteiger partial charge in [0.25, 0.3) is 0 Å². The third-order valence-corrected chi connectivity index (χ3v) is 5.80. The van der Waals surface area contributed by atoms with Crippen molar-refractivity contribution in [3.63, 3.8) is 0 Å². The molecule has 2 amide bonds. The molecule has 1 heterocycles. The summed E-state index contributed by atoms with van der Waals surface area (Å²) in [6.07, 6.45) is 0. The molecular formula is C24H34N4O3. The molecule has 0 saturated carbocycles. The first-order valence-corrected chi connectivity index (χ1v) is 10.7. The number of amides is 2. The fourth-order valence-electron chi connectivity index (χ4n) is 3.83. The molecule has 0 aromatic heterocycles. The summed E-state index contributed by atoms with van der Waals surface area (Å²) in [4.78, 5) is 17.0. The van der Waals surface area contributed by atoms with Crippen molar-refractivity contribution in [2.45, 2.75) is 19.0 Å². The molecule has 1 aliphatic rings. The Labute approximate surface area is 185 Å². The van der Waals surface area contributed by atoms with Crippen LogP contribution in [0.15, 0.2) is 48.5 Å². The number of nitrogens with one attached hydrogen (secondary N) is 2. The lowest BCUT2D eigenvalue weighted by Gasteiger charge is -2.32. The summed E-state index contributed by atoms with van der Waals surface area (Å²) in [5, 5.41) is 5.91. The molecule has 2 atom stereocenters. The molecule has 0 spiro atoms. The molecule has 1 saturated heterocycles. The van der Waals surface area contributed by atoms with Gasteiger partial charge in [0.15, 0.2) is 0 Å². The molecule has 7 heteroatoms. The van der Waals surface area contributed by atoms with Crippen molar-refractivity contribution in [3.8, 4) is 5.75 Å². The van der Waals surface area contributed by atoms with Gasteiger partial charge >= 0.3 is 6.03 Å². The Morgan fingerprint density at radius 3 is 2.48 bits per heavy atom. The molecule has 0 bridgehead atoms. The average molecular weight is 427 g/mol. The number of anilines is 1. The van der Waals surface area contributed by atoms with Crippen LogP contribution in [0.25, 0.3) is 0 Å². The molecule has 31 heavy (non-hydrogen) atoms. The van der Waals surface area contributed by atoms with Crippen LogP contribution >= 0.6 is 0 Å². The molecular weight excluding hydrogens is 392 g/mol. The van der Waals surface area contributed by atoms with Gasteiger partial charge in [-0.25, -0.2) is 4.79 Å². The van der Waals surface area contributed by atoms with E-state index in [1.165, 1.54) is 5.56 Å². The van der Waals surface area contributed by atoms with Gasteiger partial charge in [0.2, 0.25) is 0 Å². The first-order valence-electron chi connectivity index (χ1n) is 10.7. The third kappa shape index (κ3) is 6.43. The van der Waals surface area contributed by atoms with Crippen molar-refractivity contribution < 1.29 is 14.3 Å². The Kier molecular flexibility index (Phi) is 8.28. The minimum atomic E-state index is -0.219. The second kappa shape index (κ2) is 11.1. The SMILES string of the molecule is COc1cccc(C(CNC(=O)Nc2ccc(C(C)N3CCOCC3)cc2)N(C)C)c1. The van der Waals surface area contributed by atoms with E-state index in [0.717, 1.165) is 43.3 Å². The lowest BCUT2D eigenvalue weighted by atomic mass is 10.1. The van der Waals surface area contributed by atoms with Crippen molar-refractivity contribution in [2.75, 3.05) is 59.4 Å². The van der Waals surface area contributed by atoms with Crippen LogP contribution in [-0.2, 0) is 4.74 Å². The number of carbonyl (C=O) groups is 1. The number of likely N-dealkylation sites (N-methyl/N-ethyl adjacent to an activating group) is 1. The van der Waals surface area contributed by atoms with Crippen molar-refractivity contribution in [1.29, 1.82) is 0 Å². The predicted octanol–water partition coefficient (Wildman–Crippen LogP) is 3.51. The highest BCUT2D eigenvalue weighted by Gasteiger charge is 2.19. The number of carbonyl (C=O) groups excluding carboxylic acids is 1. The molecule has 2 unspecified atom stereocenters. The standard InChI is InChI=1S/C24H34N4O3/c1-18(28-12-14-31-15-13-28)19-8-10-21(11-9-19)26-24(29)25-17-23(27(2)3)20-6-5-7-22(16-20)30-4/h5-11,16,18,23H,12-15,17H2,1-4H3,(H2,25,26,29). The molecule has 1 aliphatic heterocycles. The van der Waals surface area contributed by atoms with Crippen LogP contribution in [-0.4, -0.2) is 69.9 Å². The number of hydrogen-bond acceptors (Lipinski definition) is 5. The van der Waals surface area contributed by atoms with E-state index in [-0.39, 0.29) is 12.1 Å². The summed E-state index contributed by atoms with van der Waals surface area (Å²) in [7, 11) is 5.65. The van der Waals surface area contributed by atoms with Gasteiger partial charge in [-0.15, -0.1) is 0 Å². The van der Waals surface area contributed by atoms with Crippen LogP contribution < -0.4 is 15.4 Å². The summed E-state index contributed by atoms with van der Waals surface area (Å²) in [6.45, 7) is 6.16. The minimum absolute atomic E-state index is 0.0394. The van der Waals surface area contributed by atoms with Gasteiger partial charge in [0.05, 0.1) is 26.4 Å². The summed E-state index contributed by atoms with van der Waals surface area (Å²) >= 11 is 0. The number of methoxy groups -OCH3 is 1. The summed E-state index contributed by atoms with van der Waals surface area (Å²) in [6, 6.07) is 16.1. The summed E-state index contributed by atoms with van der Waals surface area (Å²) < 4.78 is 10.8. The van der Waals surface area contributed by atoms with E-state index < -0.39 is 0 Å². The minimum Gasteiger partial charge on any atom is -0.497 e. The van der Waals surface area contributed by atoms with Gasteiger partial charge in [-0.2, -0.15) is 0 Å². The fraction of sp³-hybridized carbons (Fsp3) is 0.458. The zero-order chi connectivity index (χ0) is 22.2. The predicted molar refractivity (Wildman–Crippen MR) is 124 cm³/mol. The van der Waals surface area contributed by atoms with Crippen molar-refractivity contribution in [3.05, 3.63) is 59.7 Å². The van der Waals surface area contributed by atoms with E-state index in [9.17, 15) is 4.79 Å².